The molecule has 2 rings (SSSR count). The lowest BCUT2D eigenvalue weighted by molar-refractivity contribution is 0.266. The second-order valence-corrected chi connectivity index (χ2v) is 5.35. The Labute approximate surface area is 99.8 Å². The maximum atomic E-state index is 5.79. The van der Waals surface area contributed by atoms with Gasteiger partial charge in [0.1, 0.15) is 0 Å². The smallest absolute Gasteiger partial charge is 0.0110 e. The van der Waals surface area contributed by atoms with Crippen LogP contribution in [0.25, 0.3) is 0 Å². The molecule has 2 aliphatic rings. The zero-order valence-electron chi connectivity index (χ0n) is 10.6. The summed E-state index contributed by atoms with van der Waals surface area (Å²) >= 11 is 0. The maximum absolute atomic E-state index is 5.79. The van der Waals surface area contributed by atoms with E-state index in [1.54, 1.807) is 0 Å². The van der Waals surface area contributed by atoms with Gasteiger partial charge < -0.3 is 11.1 Å². The highest BCUT2D eigenvalue weighted by atomic mass is 15.2. The fourth-order valence-corrected chi connectivity index (χ4v) is 3.02. The number of hydrogen-bond acceptors (Lipinski definition) is 3. The van der Waals surface area contributed by atoms with Gasteiger partial charge in [-0.2, -0.15) is 0 Å². The first-order chi connectivity index (χ1) is 7.85. The van der Waals surface area contributed by atoms with E-state index >= 15 is 0 Å². The van der Waals surface area contributed by atoms with Crippen LogP contribution >= 0.6 is 0 Å². The van der Waals surface area contributed by atoms with Crippen LogP contribution in [0.3, 0.4) is 0 Å². The summed E-state index contributed by atoms with van der Waals surface area (Å²) < 4.78 is 0. The molecule has 3 heteroatoms. The third-order valence-corrected chi connectivity index (χ3v) is 4.24. The van der Waals surface area contributed by atoms with E-state index < -0.39 is 0 Å². The fourth-order valence-electron chi connectivity index (χ4n) is 3.02. The van der Waals surface area contributed by atoms with E-state index in [0.717, 1.165) is 25.0 Å². The summed E-state index contributed by atoms with van der Waals surface area (Å²) in [5.41, 5.74) is 5.79. The molecule has 0 spiro atoms. The van der Waals surface area contributed by atoms with Gasteiger partial charge in [0.25, 0.3) is 0 Å². The molecule has 0 aromatic heterocycles. The standard InChI is InChI=1S/C13H27N3/c1-2-16(12-6-7-12)9-8-15-13-5-3-4-11(13)10-14/h11-13,15H,2-10,14H2,1H3. The van der Waals surface area contributed by atoms with Gasteiger partial charge in [0.05, 0.1) is 0 Å². The second kappa shape index (κ2) is 5.99. The third kappa shape index (κ3) is 3.19. The highest BCUT2D eigenvalue weighted by Gasteiger charge is 2.28. The molecule has 2 aliphatic carbocycles. The van der Waals surface area contributed by atoms with Crippen LogP contribution in [-0.2, 0) is 0 Å². The molecule has 0 amide bonds. The predicted octanol–water partition coefficient (Wildman–Crippen LogP) is 1.19. The van der Waals surface area contributed by atoms with Crippen LogP contribution in [0.2, 0.25) is 0 Å². The van der Waals surface area contributed by atoms with Crippen LogP contribution in [0.4, 0.5) is 0 Å². The van der Waals surface area contributed by atoms with Gasteiger partial charge in [-0.15, -0.1) is 0 Å². The Morgan fingerprint density at radius 2 is 2.06 bits per heavy atom. The van der Waals surface area contributed by atoms with Gasteiger partial charge in [0.2, 0.25) is 0 Å². The first-order valence-corrected chi connectivity index (χ1v) is 7.02. The van der Waals surface area contributed by atoms with Crippen LogP contribution in [0.1, 0.15) is 39.0 Å². The summed E-state index contributed by atoms with van der Waals surface area (Å²) in [6.07, 6.45) is 6.86. The molecule has 2 fully saturated rings. The molecule has 2 unspecified atom stereocenters. The monoisotopic (exact) mass is 225 g/mol. The van der Waals surface area contributed by atoms with Crippen LogP contribution in [0.5, 0.6) is 0 Å². The van der Waals surface area contributed by atoms with Crippen LogP contribution in [0.15, 0.2) is 0 Å². The van der Waals surface area contributed by atoms with Gasteiger partial charge in [-0.3, -0.25) is 4.90 Å². The lowest BCUT2D eigenvalue weighted by Crippen LogP contribution is -2.41. The Hall–Kier alpha value is -0.120. The highest BCUT2D eigenvalue weighted by molar-refractivity contribution is 4.86. The van der Waals surface area contributed by atoms with Crippen LogP contribution in [-0.4, -0.2) is 43.2 Å². The lowest BCUT2D eigenvalue weighted by Gasteiger charge is -2.23. The first kappa shape index (κ1) is 12.3. The Morgan fingerprint density at radius 3 is 2.69 bits per heavy atom. The average molecular weight is 225 g/mol. The van der Waals surface area contributed by atoms with E-state index in [4.69, 9.17) is 5.73 Å². The van der Waals surface area contributed by atoms with Crippen molar-refractivity contribution in [1.82, 2.24) is 10.2 Å². The number of rotatable bonds is 7. The third-order valence-electron chi connectivity index (χ3n) is 4.24. The van der Waals surface area contributed by atoms with Gasteiger partial charge >= 0.3 is 0 Å². The van der Waals surface area contributed by atoms with E-state index in [9.17, 15) is 0 Å². The van der Waals surface area contributed by atoms with Crippen molar-refractivity contribution in [2.45, 2.75) is 51.1 Å². The van der Waals surface area contributed by atoms with E-state index in [2.05, 4.69) is 17.1 Å². The minimum absolute atomic E-state index is 0.697. The van der Waals surface area contributed by atoms with E-state index in [1.165, 1.54) is 45.2 Å². The van der Waals surface area contributed by atoms with E-state index in [1.807, 2.05) is 0 Å². The van der Waals surface area contributed by atoms with Crippen LogP contribution < -0.4 is 11.1 Å². The largest absolute Gasteiger partial charge is 0.330 e. The Kier molecular flexibility index (Phi) is 4.62. The summed E-state index contributed by atoms with van der Waals surface area (Å²) in [6.45, 7) is 6.70. The van der Waals surface area contributed by atoms with Gasteiger partial charge in [0, 0.05) is 25.2 Å². The summed E-state index contributed by atoms with van der Waals surface area (Å²) in [6, 6.07) is 1.60. The summed E-state index contributed by atoms with van der Waals surface area (Å²) in [7, 11) is 0. The van der Waals surface area contributed by atoms with Crippen LogP contribution in [0, 0.1) is 5.92 Å². The fraction of sp³-hybridized carbons (Fsp3) is 1.00. The van der Waals surface area contributed by atoms with Gasteiger partial charge in [-0.05, 0) is 44.7 Å². The number of nitrogens with two attached hydrogens (primary N) is 1. The first-order valence-electron chi connectivity index (χ1n) is 7.02. The normalized spacial score (nSPS) is 30.2. The molecular weight excluding hydrogens is 198 g/mol. The molecule has 0 aromatic carbocycles. The number of nitrogens with zero attached hydrogens (tertiary/aromatic N) is 1. The van der Waals surface area contributed by atoms with Gasteiger partial charge in [0.15, 0.2) is 0 Å². The van der Waals surface area contributed by atoms with Crippen molar-refractivity contribution in [3.05, 3.63) is 0 Å². The molecule has 0 saturated heterocycles. The molecule has 0 heterocycles. The van der Waals surface area contributed by atoms with Gasteiger partial charge in [-0.25, -0.2) is 0 Å². The summed E-state index contributed by atoms with van der Waals surface area (Å²) in [4.78, 5) is 2.61. The average Bonchev–Trinajstić information content (AvgIpc) is 3.04. The molecule has 3 nitrogen and oxygen atoms in total. The molecule has 94 valence electrons. The predicted molar refractivity (Wildman–Crippen MR) is 68.5 cm³/mol. The van der Waals surface area contributed by atoms with Crippen molar-refractivity contribution in [3.8, 4) is 0 Å². The van der Waals surface area contributed by atoms with Gasteiger partial charge in [-0.1, -0.05) is 13.3 Å². The SMILES string of the molecule is CCN(CCNC1CCCC1CN)C1CC1. The minimum Gasteiger partial charge on any atom is -0.330 e. The zero-order valence-corrected chi connectivity index (χ0v) is 10.6. The summed E-state index contributed by atoms with van der Waals surface area (Å²) in [5.74, 6) is 0.732. The zero-order chi connectivity index (χ0) is 11.4. The highest BCUT2D eigenvalue weighted by Crippen LogP contribution is 2.26. The van der Waals surface area contributed by atoms with Crippen molar-refractivity contribution in [3.63, 3.8) is 0 Å². The Bertz CT molecular complexity index is 203. The second-order valence-electron chi connectivity index (χ2n) is 5.35. The topological polar surface area (TPSA) is 41.3 Å². The van der Waals surface area contributed by atoms with E-state index in [0.29, 0.717) is 6.04 Å². The minimum atomic E-state index is 0.697. The molecule has 0 aromatic rings. The molecule has 3 N–H and O–H groups in total. The van der Waals surface area contributed by atoms with Crippen molar-refractivity contribution in [1.29, 1.82) is 0 Å². The number of hydrogen-bond donors (Lipinski definition) is 2. The Morgan fingerprint density at radius 1 is 1.25 bits per heavy atom. The van der Waals surface area contributed by atoms with E-state index in [-0.39, 0.29) is 0 Å². The molecule has 2 saturated carbocycles. The quantitative estimate of drug-likeness (QED) is 0.684. The lowest BCUT2D eigenvalue weighted by atomic mass is 10.0. The molecular formula is C13H27N3. The number of likely N-dealkylation sites (N-methyl/N-ethyl adjacent to an activating group) is 1. The van der Waals surface area contributed by atoms with Crippen molar-refractivity contribution >= 4 is 0 Å². The Balaban J connectivity index is 1.62. The molecule has 2 atom stereocenters. The number of nitrogens with one attached hydrogen (secondary N) is 1. The van der Waals surface area contributed by atoms with Crippen molar-refractivity contribution in [2.24, 2.45) is 11.7 Å². The summed E-state index contributed by atoms with van der Waals surface area (Å²) in [5, 5.41) is 3.71. The molecule has 0 aliphatic heterocycles. The van der Waals surface area contributed by atoms with Crippen molar-refractivity contribution in [2.75, 3.05) is 26.2 Å². The van der Waals surface area contributed by atoms with Crippen molar-refractivity contribution < 1.29 is 0 Å². The maximum Gasteiger partial charge on any atom is 0.0110 e. The molecule has 0 bridgehead atoms. The molecule has 16 heavy (non-hydrogen) atoms. The molecule has 0 radical (unpaired) electrons.